The Hall–Kier alpha value is -2.21. The van der Waals surface area contributed by atoms with Gasteiger partial charge in [-0.25, -0.2) is 9.67 Å². The van der Waals surface area contributed by atoms with Crippen LogP contribution < -0.4 is 11.1 Å². The highest BCUT2D eigenvalue weighted by molar-refractivity contribution is 5.90. The van der Waals surface area contributed by atoms with E-state index in [1.807, 2.05) is 12.1 Å². The number of primary amides is 1. The zero-order valence-corrected chi connectivity index (χ0v) is 11.9. The summed E-state index contributed by atoms with van der Waals surface area (Å²) < 4.78 is 1.53. The van der Waals surface area contributed by atoms with Crippen LogP contribution in [0.1, 0.15) is 36.8 Å². The van der Waals surface area contributed by atoms with Crippen LogP contribution in [0.4, 0.5) is 0 Å². The minimum absolute atomic E-state index is 0.0665. The Bertz CT molecular complexity index is 595. The lowest BCUT2D eigenvalue weighted by Crippen LogP contribution is -2.35. The van der Waals surface area contributed by atoms with Crippen molar-refractivity contribution < 1.29 is 4.79 Å². The number of hydrogen-bond acceptors (Lipinski definition) is 4. The lowest BCUT2D eigenvalue weighted by molar-refractivity contribution is 0.0995. The van der Waals surface area contributed by atoms with Gasteiger partial charge in [0.2, 0.25) is 0 Å². The standard InChI is InChI=1S/C14H19N5O/c1-14(2,3)17-9-10-4-5-12(16-8-10)19-7-6-11(18-19)13(15)20/h4-8,17H,9H2,1-3H3,(H2,15,20). The molecule has 0 bridgehead atoms. The van der Waals surface area contributed by atoms with Crippen molar-refractivity contribution >= 4 is 5.91 Å². The van der Waals surface area contributed by atoms with Crippen molar-refractivity contribution in [2.75, 3.05) is 0 Å². The van der Waals surface area contributed by atoms with Crippen LogP contribution in [0.3, 0.4) is 0 Å². The molecule has 6 heteroatoms. The molecule has 0 aliphatic rings. The second-order valence-electron chi connectivity index (χ2n) is 5.64. The Kier molecular flexibility index (Phi) is 3.85. The first-order chi connectivity index (χ1) is 9.35. The van der Waals surface area contributed by atoms with Gasteiger partial charge in [-0.05, 0) is 38.5 Å². The highest BCUT2D eigenvalue weighted by atomic mass is 16.1. The summed E-state index contributed by atoms with van der Waals surface area (Å²) in [5.74, 6) is 0.103. The molecule has 106 valence electrons. The van der Waals surface area contributed by atoms with E-state index in [0.29, 0.717) is 5.82 Å². The van der Waals surface area contributed by atoms with Crippen molar-refractivity contribution in [1.29, 1.82) is 0 Å². The zero-order valence-electron chi connectivity index (χ0n) is 11.9. The van der Waals surface area contributed by atoms with E-state index in [-0.39, 0.29) is 11.2 Å². The summed E-state index contributed by atoms with van der Waals surface area (Å²) >= 11 is 0. The van der Waals surface area contributed by atoms with Crippen LogP contribution in [0.15, 0.2) is 30.6 Å². The van der Waals surface area contributed by atoms with E-state index in [2.05, 4.69) is 36.2 Å². The van der Waals surface area contributed by atoms with Crippen LogP contribution in [0.25, 0.3) is 5.82 Å². The Balaban J connectivity index is 2.09. The fraction of sp³-hybridized carbons (Fsp3) is 0.357. The number of rotatable bonds is 4. The Morgan fingerprint density at radius 1 is 1.35 bits per heavy atom. The molecule has 0 radical (unpaired) electrons. The third-order valence-corrected chi connectivity index (χ3v) is 2.71. The molecule has 20 heavy (non-hydrogen) atoms. The number of amides is 1. The first-order valence-electron chi connectivity index (χ1n) is 6.41. The van der Waals surface area contributed by atoms with Gasteiger partial charge in [-0.2, -0.15) is 5.10 Å². The van der Waals surface area contributed by atoms with Crippen molar-refractivity contribution in [2.45, 2.75) is 32.9 Å². The number of hydrogen-bond donors (Lipinski definition) is 2. The van der Waals surface area contributed by atoms with Crippen LogP contribution in [0.5, 0.6) is 0 Å². The molecule has 0 atom stereocenters. The Morgan fingerprint density at radius 3 is 2.60 bits per heavy atom. The molecule has 2 heterocycles. The molecule has 2 rings (SSSR count). The van der Waals surface area contributed by atoms with E-state index >= 15 is 0 Å². The average Bonchev–Trinajstić information content (AvgIpc) is 2.86. The maximum absolute atomic E-state index is 11.0. The molecule has 0 saturated heterocycles. The molecular formula is C14H19N5O. The van der Waals surface area contributed by atoms with Crippen molar-refractivity contribution in [2.24, 2.45) is 5.73 Å². The summed E-state index contributed by atoms with van der Waals surface area (Å²) in [4.78, 5) is 15.3. The van der Waals surface area contributed by atoms with Gasteiger partial charge in [0.1, 0.15) is 5.69 Å². The van der Waals surface area contributed by atoms with Gasteiger partial charge in [-0.15, -0.1) is 0 Å². The summed E-state index contributed by atoms with van der Waals surface area (Å²) in [6.45, 7) is 7.10. The maximum Gasteiger partial charge on any atom is 0.269 e. The summed E-state index contributed by atoms with van der Waals surface area (Å²) in [6.07, 6.45) is 3.45. The third-order valence-electron chi connectivity index (χ3n) is 2.71. The number of aromatic nitrogens is 3. The van der Waals surface area contributed by atoms with Gasteiger partial charge in [-0.3, -0.25) is 4.79 Å². The molecule has 6 nitrogen and oxygen atoms in total. The maximum atomic E-state index is 11.0. The minimum atomic E-state index is -0.547. The highest BCUT2D eigenvalue weighted by Crippen LogP contribution is 2.08. The average molecular weight is 273 g/mol. The lowest BCUT2D eigenvalue weighted by Gasteiger charge is -2.20. The molecule has 1 amide bonds. The van der Waals surface area contributed by atoms with Crippen LogP contribution >= 0.6 is 0 Å². The minimum Gasteiger partial charge on any atom is -0.364 e. The molecule has 0 spiro atoms. The molecular weight excluding hydrogens is 254 g/mol. The second-order valence-corrected chi connectivity index (χ2v) is 5.64. The number of carbonyl (C=O) groups is 1. The van der Waals surface area contributed by atoms with Crippen molar-refractivity contribution in [3.8, 4) is 5.82 Å². The number of nitrogens with zero attached hydrogens (tertiary/aromatic N) is 3. The van der Waals surface area contributed by atoms with Gasteiger partial charge in [-0.1, -0.05) is 6.07 Å². The first-order valence-corrected chi connectivity index (χ1v) is 6.41. The molecule has 2 aromatic heterocycles. The summed E-state index contributed by atoms with van der Waals surface area (Å²) in [6, 6.07) is 5.41. The zero-order chi connectivity index (χ0) is 14.8. The van der Waals surface area contributed by atoms with Crippen molar-refractivity contribution in [3.63, 3.8) is 0 Å². The predicted molar refractivity (Wildman–Crippen MR) is 76.5 cm³/mol. The molecule has 3 N–H and O–H groups in total. The number of nitrogens with one attached hydrogen (secondary N) is 1. The van der Waals surface area contributed by atoms with Crippen molar-refractivity contribution in [3.05, 3.63) is 41.9 Å². The molecule has 0 aliphatic heterocycles. The summed E-state index contributed by atoms with van der Waals surface area (Å²) in [5, 5.41) is 7.45. The monoisotopic (exact) mass is 273 g/mol. The summed E-state index contributed by atoms with van der Waals surface area (Å²) in [7, 11) is 0. The number of nitrogens with two attached hydrogens (primary N) is 1. The SMILES string of the molecule is CC(C)(C)NCc1ccc(-n2ccc(C(N)=O)n2)nc1. The van der Waals surface area contributed by atoms with Crippen molar-refractivity contribution in [1.82, 2.24) is 20.1 Å². The van der Waals surface area contributed by atoms with E-state index in [1.165, 1.54) is 4.68 Å². The largest absolute Gasteiger partial charge is 0.364 e. The van der Waals surface area contributed by atoms with Gasteiger partial charge in [0.15, 0.2) is 5.82 Å². The van der Waals surface area contributed by atoms with Crippen LogP contribution in [-0.4, -0.2) is 26.2 Å². The van der Waals surface area contributed by atoms with E-state index in [0.717, 1.165) is 12.1 Å². The smallest absolute Gasteiger partial charge is 0.269 e. The Morgan fingerprint density at radius 2 is 2.10 bits per heavy atom. The van der Waals surface area contributed by atoms with Gasteiger partial charge in [0.25, 0.3) is 5.91 Å². The summed E-state index contributed by atoms with van der Waals surface area (Å²) in [5.41, 5.74) is 6.55. The van der Waals surface area contributed by atoms with Crippen LogP contribution in [0.2, 0.25) is 0 Å². The van der Waals surface area contributed by atoms with Gasteiger partial charge in [0, 0.05) is 24.5 Å². The molecule has 0 fully saturated rings. The quantitative estimate of drug-likeness (QED) is 0.878. The molecule has 2 aromatic rings. The fourth-order valence-electron chi connectivity index (χ4n) is 1.61. The second kappa shape index (κ2) is 5.42. The van der Waals surface area contributed by atoms with E-state index in [1.54, 1.807) is 18.5 Å². The third kappa shape index (κ3) is 3.64. The van der Waals surface area contributed by atoms with E-state index < -0.39 is 5.91 Å². The Labute approximate surface area is 118 Å². The van der Waals surface area contributed by atoms with Crippen LogP contribution in [0, 0.1) is 0 Å². The van der Waals surface area contributed by atoms with Gasteiger partial charge in [0.05, 0.1) is 0 Å². The van der Waals surface area contributed by atoms with Crippen LogP contribution in [-0.2, 0) is 6.54 Å². The van der Waals surface area contributed by atoms with Gasteiger partial charge >= 0.3 is 0 Å². The van der Waals surface area contributed by atoms with Gasteiger partial charge < -0.3 is 11.1 Å². The molecule has 0 saturated carbocycles. The first kappa shape index (κ1) is 14.2. The molecule has 0 aromatic carbocycles. The molecule has 0 unspecified atom stereocenters. The van der Waals surface area contributed by atoms with E-state index in [4.69, 9.17) is 5.73 Å². The fourth-order valence-corrected chi connectivity index (χ4v) is 1.61. The molecule has 0 aliphatic carbocycles. The highest BCUT2D eigenvalue weighted by Gasteiger charge is 2.09. The lowest BCUT2D eigenvalue weighted by atomic mass is 10.1. The number of pyridine rings is 1. The normalized spacial score (nSPS) is 11.6. The number of carbonyl (C=O) groups excluding carboxylic acids is 1. The topological polar surface area (TPSA) is 85.8 Å². The van der Waals surface area contributed by atoms with E-state index in [9.17, 15) is 4.79 Å². The predicted octanol–water partition coefficient (Wildman–Crippen LogP) is 1.25.